The molecule has 1 aromatic heterocycles. The molecule has 168 valence electrons. The average Bonchev–Trinajstić information content (AvgIpc) is 3.16. The van der Waals surface area contributed by atoms with Gasteiger partial charge in [-0.25, -0.2) is 4.79 Å². The number of thioether (sulfide) groups is 2. The van der Waals surface area contributed by atoms with E-state index in [2.05, 4.69) is 0 Å². The fourth-order valence-corrected chi connectivity index (χ4v) is 4.05. The van der Waals surface area contributed by atoms with Crippen LogP contribution in [0.5, 0.6) is 0 Å². The van der Waals surface area contributed by atoms with Crippen LogP contribution in [-0.2, 0) is 26.7 Å². The lowest BCUT2D eigenvalue weighted by Crippen LogP contribution is -2.21. The van der Waals surface area contributed by atoms with E-state index in [1.165, 1.54) is 60.8 Å². The second-order valence-electron chi connectivity index (χ2n) is 6.46. The molecule has 0 bridgehead atoms. The van der Waals surface area contributed by atoms with Crippen molar-refractivity contribution in [3.8, 4) is 6.19 Å². The van der Waals surface area contributed by atoms with Gasteiger partial charge < -0.3 is 4.74 Å². The van der Waals surface area contributed by atoms with E-state index < -0.39 is 11.0 Å². The normalized spacial score (nSPS) is 10.3. The van der Waals surface area contributed by atoms with Crippen molar-refractivity contribution >= 4 is 46.3 Å². The van der Waals surface area contributed by atoms with E-state index in [9.17, 15) is 24.5 Å². The molecule has 0 saturated carbocycles. The molecule has 0 radical (unpaired) electrons. The number of carbonyl (C=O) groups is 3. The first-order valence-electron chi connectivity index (χ1n) is 9.25. The van der Waals surface area contributed by atoms with Crippen LogP contribution in [0, 0.1) is 21.6 Å². The number of nitrogens with zero attached hydrogens (tertiary/aromatic N) is 4. The molecule has 12 heteroatoms. The molecule has 0 unspecified atom stereocenters. The standard InChI is InChI=1S/C20H20N4O6S2/c1-14(25)32-18-9-17(12-31-8-7-19(26)22(2)13-21)23(10-18)20(27)30-11-15-3-5-16(6-4-15)24(28)29/h3-6,9-10H,7-8,11-12H2,1-2H3. The molecule has 0 aliphatic carbocycles. The minimum Gasteiger partial charge on any atom is -0.444 e. The van der Waals surface area contributed by atoms with Gasteiger partial charge in [-0.1, -0.05) is 11.8 Å². The molecule has 0 saturated heterocycles. The van der Waals surface area contributed by atoms with Gasteiger partial charge in [-0.05, 0) is 23.8 Å². The molecule has 0 atom stereocenters. The molecule has 1 aromatic carbocycles. The summed E-state index contributed by atoms with van der Waals surface area (Å²) >= 11 is 2.38. The topological polar surface area (TPSA) is 136 Å². The van der Waals surface area contributed by atoms with Gasteiger partial charge in [0.2, 0.25) is 5.91 Å². The SMILES string of the molecule is CC(=O)Sc1cc(CSCCC(=O)N(C)C#N)n(C(=O)OCc2ccc([N+](=O)[O-])cc2)c1. The van der Waals surface area contributed by atoms with E-state index in [0.717, 1.165) is 16.7 Å². The Morgan fingerprint density at radius 2 is 1.97 bits per heavy atom. The van der Waals surface area contributed by atoms with E-state index in [1.807, 2.05) is 0 Å². The highest BCUT2D eigenvalue weighted by atomic mass is 32.2. The fraction of sp³-hybridized carbons (Fsp3) is 0.300. The van der Waals surface area contributed by atoms with Crippen LogP contribution >= 0.6 is 23.5 Å². The maximum atomic E-state index is 12.6. The first-order chi connectivity index (χ1) is 15.2. The van der Waals surface area contributed by atoms with Crippen LogP contribution in [0.4, 0.5) is 10.5 Å². The zero-order chi connectivity index (χ0) is 23.7. The number of benzene rings is 1. The fourth-order valence-electron chi connectivity index (χ4n) is 2.47. The second-order valence-corrected chi connectivity index (χ2v) is 8.82. The second kappa shape index (κ2) is 11.9. The number of nitriles is 1. The third kappa shape index (κ3) is 7.44. The number of ether oxygens (including phenoxy) is 1. The van der Waals surface area contributed by atoms with Crippen molar-refractivity contribution in [2.75, 3.05) is 12.8 Å². The molecule has 1 heterocycles. The zero-order valence-corrected chi connectivity index (χ0v) is 19.0. The van der Waals surface area contributed by atoms with E-state index in [1.54, 1.807) is 12.3 Å². The van der Waals surface area contributed by atoms with E-state index >= 15 is 0 Å². The number of rotatable bonds is 9. The summed E-state index contributed by atoms with van der Waals surface area (Å²) in [6, 6.07) is 7.37. The summed E-state index contributed by atoms with van der Waals surface area (Å²) < 4.78 is 6.62. The van der Waals surface area contributed by atoms with Crippen LogP contribution in [0.2, 0.25) is 0 Å². The van der Waals surface area contributed by atoms with Gasteiger partial charge in [0.05, 0.1) is 4.92 Å². The molecule has 32 heavy (non-hydrogen) atoms. The van der Waals surface area contributed by atoms with Crippen molar-refractivity contribution < 1.29 is 24.0 Å². The molecular formula is C20H20N4O6S2. The maximum absolute atomic E-state index is 12.6. The quantitative estimate of drug-likeness (QED) is 0.132. The number of non-ortho nitro benzene ring substituents is 1. The predicted octanol–water partition coefficient (Wildman–Crippen LogP) is 3.78. The minimum atomic E-state index is -0.658. The highest BCUT2D eigenvalue weighted by Gasteiger charge is 2.16. The molecular weight excluding hydrogens is 456 g/mol. The molecule has 1 amide bonds. The van der Waals surface area contributed by atoms with Crippen LogP contribution in [0.3, 0.4) is 0 Å². The van der Waals surface area contributed by atoms with Crippen molar-refractivity contribution in [3.63, 3.8) is 0 Å². The Labute approximate surface area is 192 Å². The summed E-state index contributed by atoms with van der Waals surface area (Å²) in [5.41, 5.74) is 1.12. The molecule has 2 rings (SSSR count). The molecule has 0 N–H and O–H groups in total. The van der Waals surface area contributed by atoms with Crippen LogP contribution in [0.15, 0.2) is 41.4 Å². The Morgan fingerprint density at radius 1 is 1.28 bits per heavy atom. The number of nitro groups is 1. The van der Waals surface area contributed by atoms with Crippen LogP contribution in [0.25, 0.3) is 0 Å². The number of carbonyl (C=O) groups excluding carboxylic acids is 3. The number of hydrogen-bond acceptors (Lipinski definition) is 9. The lowest BCUT2D eigenvalue weighted by Gasteiger charge is -2.10. The van der Waals surface area contributed by atoms with Crippen molar-refractivity contribution in [2.45, 2.75) is 30.6 Å². The van der Waals surface area contributed by atoms with Crippen molar-refractivity contribution in [2.24, 2.45) is 0 Å². The number of hydrogen-bond donors (Lipinski definition) is 0. The molecule has 0 aliphatic heterocycles. The zero-order valence-electron chi connectivity index (χ0n) is 17.3. The summed E-state index contributed by atoms with van der Waals surface area (Å²) in [4.78, 5) is 47.5. The summed E-state index contributed by atoms with van der Waals surface area (Å²) in [6.07, 6.45) is 2.77. The summed E-state index contributed by atoms with van der Waals surface area (Å²) in [7, 11) is 1.39. The van der Waals surface area contributed by atoms with Crippen molar-refractivity contribution in [3.05, 3.63) is 57.9 Å². The van der Waals surface area contributed by atoms with Crippen molar-refractivity contribution in [1.29, 1.82) is 5.26 Å². The van der Waals surface area contributed by atoms with Crippen LogP contribution in [0.1, 0.15) is 24.6 Å². The molecule has 0 aliphatic rings. The Hall–Kier alpha value is -3.30. The average molecular weight is 477 g/mol. The van der Waals surface area contributed by atoms with E-state index in [4.69, 9.17) is 10.00 Å². The van der Waals surface area contributed by atoms with Crippen LogP contribution < -0.4 is 0 Å². The Kier molecular flexibility index (Phi) is 9.30. The van der Waals surface area contributed by atoms with Crippen molar-refractivity contribution in [1.82, 2.24) is 9.47 Å². The molecule has 0 fully saturated rings. The molecule has 10 nitrogen and oxygen atoms in total. The lowest BCUT2D eigenvalue weighted by molar-refractivity contribution is -0.384. The smallest absolute Gasteiger partial charge is 0.418 e. The first kappa shape index (κ1) is 25.0. The number of aromatic nitrogens is 1. The third-order valence-electron chi connectivity index (χ3n) is 4.08. The minimum absolute atomic E-state index is 0.0601. The predicted molar refractivity (Wildman–Crippen MR) is 119 cm³/mol. The lowest BCUT2D eigenvalue weighted by atomic mass is 10.2. The van der Waals surface area contributed by atoms with Gasteiger partial charge in [0.25, 0.3) is 5.69 Å². The van der Waals surface area contributed by atoms with Gasteiger partial charge in [-0.15, -0.1) is 0 Å². The van der Waals surface area contributed by atoms with Gasteiger partial charge in [0.15, 0.2) is 11.3 Å². The monoisotopic (exact) mass is 476 g/mol. The largest absolute Gasteiger partial charge is 0.444 e. The molecule has 2 aromatic rings. The maximum Gasteiger partial charge on any atom is 0.418 e. The Balaban J connectivity index is 2.02. The Bertz CT molecular complexity index is 1050. The summed E-state index contributed by atoms with van der Waals surface area (Å²) in [5.74, 6) is 0.531. The summed E-state index contributed by atoms with van der Waals surface area (Å²) in [6.45, 7) is 1.34. The Morgan fingerprint density at radius 3 is 2.56 bits per heavy atom. The number of amides is 1. The highest BCUT2D eigenvalue weighted by molar-refractivity contribution is 8.13. The van der Waals surface area contributed by atoms with Crippen LogP contribution in [-0.4, -0.2) is 44.3 Å². The molecule has 0 spiro atoms. The van der Waals surface area contributed by atoms with E-state index in [0.29, 0.717) is 27.7 Å². The van der Waals surface area contributed by atoms with Gasteiger partial charge in [-0.3, -0.25) is 29.2 Å². The summed E-state index contributed by atoms with van der Waals surface area (Å²) in [5, 5.41) is 19.3. The first-order valence-corrected chi connectivity index (χ1v) is 11.2. The van der Waals surface area contributed by atoms with Gasteiger partial charge >= 0.3 is 6.09 Å². The third-order valence-corrected chi connectivity index (χ3v) is 5.82. The van der Waals surface area contributed by atoms with Gasteiger partial charge in [-0.2, -0.15) is 17.0 Å². The number of nitro benzene ring substituents is 1. The highest BCUT2D eigenvalue weighted by Crippen LogP contribution is 2.25. The van der Waals surface area contributed by atoms with Gasteiger partial charge in [0.1, 0.15) is 6.61 Å². The van der Waals surface area contributed by atoms with Gasteiger partial charge in [0, 0.05) is 60.8 Å². The van der Waals surface area contributed by atoms with E-state index in [-0.39, 0.29) is 29.7 Å².